The van der Waals surface area contributed by atoms with E-state index in [-0.39, 0.29) is 0 Å². The van der Waals surface area contributed by atoms with E-state index in [0.717, 1.165) is 12.2 Å². The minimum atomic E-state index is 0.891. The van der Waals surface area contributed by atoms with Gasteiger partial charge in [0, 0.05) is 10.6 Å². The second-order valence-electron chi connectivity index (χ2n) is 2.64. The molecule has 0 atom stereocenters. The maximum Gasteiger partial charge on any atom is 0.0158 e. The highest BCUT2D eigenvalue weighted by Gasteiger charge is 1.94. The fourth-order valence-corrected chi connectivity index (χ4v) is 1.71. The van der Waals surface area contributed by atoms with Crippen molar-refractivity contribution in [3.05, 3.63) is 55.1 Å². The van der Waals surface area contributed by atoms with Gasteiger partial charge in [-0.15, -0.1) is 24.9 Å². The molecule has 0 heterocycles. The molecule has 0 unspecified atom stereocenters. The van der Waals surface area contributed by atoms with E-state index >= 15 is 0 Å². The molecule has 1 heteroatoms. The summed E-state index contributed by atoms with van der Waals surface area (Å²) in [6.45, 7) is 7.39. The van der Waals surface area contributed by atoms with Crippen LogP contribution in [0.25, 0.3) is 0 Å². The van der Waals surface area contributed by atoms with Crippen LogP contribution in [-0.2, 0) is 6.42 Å². The predicted molar refractivity (Wildman–Crippen MR) is 60.1 cm³/mol. The lowest BCUT2D eigenvalue weighted by atomic mass is 10.2. The molecule has 13 heavy (non-hydrogen) atoms. The Kier molecular flexibility index (Phi) is 4.41. The summed E-state index contributed by atoms with van der Waals surface area (Å²) in [7, 11) is 0. The zero-order valence-corrected chi connectivity index (χ0v) is 8.44. The fraction of sp³-hybridized carbons (Fsp3) is 0.167. The van der Waals surface area contributed by atoms with E-state index in [0.29, 0.717) is 0 Å². The Bertz CT molecular complexity index is 289. The molecule has 0 nitrogen and oxygen atoms in total. The van der Waals surface area contributed by atoms with Crippen LogP contribution in [-0.4, -0.2) is 5.75 Å². The maximum atomic E-state index is 3.70. The van der Waals surface area contributed by atoms with Gasteiger partial charge in [0.05, 0.1) is 0 Å². The number of allylic oxidation sites excluding steroid dienone is 1. The second-order valence-corrected chi connectivity index (χ2v) is 3.74. The van der Waals surface area contributed by atoms with Crippen molar-refractivity contribution in [1.82, 2.24) is 0 Å². The molecule has 0 aliphatic heterocycles. The van der Waals surface area contributed by atoms with Gasteiger partial charge in [0.1, 0.15) is 0 Å². The normalized spacial score (nSPS) is 9.54. The first-order valence-electron chi connectivity index (χ1n) is 4.22. The molecule has 0 fully saturated rings. The third-order valence-electron chi connectivity index (χ3n) is 1.56. The molecular weight excluding hydrogens is 176 g/mol. The van der Waals surface area contributed by atoms with Gasteiger partial charge in [0.15, 0.2) is 0 Å². The summed E-state index contributed by atoms with van der Waals surface area (Å²) in [6, 6.07) is 9.36. The Balaban J connectivity index is 2.66. The summed E-state index contributed by atoms with van der Waals surface area (Å²) in [4.78, 5) is 1.27. The molecule has 0 aliphatic carbocycles. The smallest absolute Gasteiger partial charge is 0.0158 e. The van der Waals surface area contributed by atoms with E-state index in [1.54, 1.807) is 11.8 Å². The molecule has 0 saturated carbocycles. The first kappa shape index (κ1) is 10.1. The van der Waals surface area contributed by atoms with E-state index in [9.17, 15) is 0 Å². The van der Waals surface area contributed by atoms with Gasteiger partial charge in [0.2, 0.25) is 0 Å². The first-order valence-corrected chi connectivity index (χ1v) is 5.20. The van der Waals surface area contributed by atoms with Crippen molar-refractivity contribution >= 4 is 11.8 Å². The molecular formula is C12H13S. The van der Waals surface area contributed by atoms with Crippen molar-refractivity contribution in [3.8, 4) is 0 Å². The average Bonchev–Trinajstić information content (AvgIpc) is 2.16. The zero-order chi connectivity index (χ0) is 9.52. The lowest BCUT2D eigenvalue weighted by Gasteiger charge is -2.00. The Labute approximate surface area is 84.4 Å². The summed E-state index contributed by atoms with van der Waals surface area (Å²) in [5, 5.41) is 0. The summed E-state index contributed by atoms with van der Waals surface area (Å²) in [5.41, 5.74) is 1.20. The Morgan fingerprint density at radius 1 is 1.38 bits per heavy atom. The van der Waals surface area contributed by atoms with Crippen molar-refractivity contribution in [3.63, 3.8) is 0 Å². The summed E-state index contributed by atoms with van der Waals surface area (Å²) >= 11 is 1.79. The van der Waals surface area contributed by atoms with Crippen LogP contribution in [0.3, 0.4) is 0 Å². The second kappa shape index (κ2) is 5.65. The number of thioether (sulfide) groups is 1. The minimum Gasteiger partial charge on any atom is -0.122 e. The maximum absolute atomic E-state index is 3.70. The third-order valence-corrected chi connectivity index (χ3v) is 2.55. The molecule has 0 spiro atoms. The van der Waals surface area contributed by atoms with Gasteiger partial charge in [-0.3, -0.25) is 0 Å². The lowest BCUT2D eigenvalue weighted by molar-refractivity contribution is 1.23. The molecule has 1 radical (unpaired) electrons. The Hall–Kier alpha value is -0.950. The topological polar surface area (TPSA) is 0 Å². The van der Waals surface area contributed by atoms with Crippen molar-refractivity contribution in [2.24, 2.45) is 0 Å². The highest BCUT2D eigenvalue weighted by Crippen LogP contribution is 2.18. The van der Waals surface area contributed by atoms with Crippen molar-refractivity contribution < 1.29 is 0 Å². The van der Waals surface area contributed by atoms with Crippen LogP contribution in [0.4, 0.5) is 0 Å². The van der Waals surface area contributed by atoms with Gasteiger partial charge in [-0.1, -0.05) is 18.2 Å². The third kappa shape index (κ3) is 3.51. The van der Waals surface area contributed by atoms with Gasteiger partial charge in [-0.05, 0) is 30.2 Å². The van der Waals surface area contributed by atoms with E-state index in [2.05, 4.69) is 31.4 Å². The monoisotopic (exact) mass is 189 g/mol. The standard InChI is InChI=1S/C12H13S/c1-3-6-11-7-5-8-12(10-11)13-9-4-2/h3-5,8,10H,1-2,6,9H2. The first-order chi connectivity index (χ1) is 6.36. The van der Waals surface area contributed by atoms with Gasteiger partial charge in [-0.25, -0.2) is 0 Å². The van der Waals surface area contributed by atoms with Gasteiger partial charge < -0.3 is 0 Å². The number of hydrogen-bond acceptors (Lipinski definition) is 1. The molecule has 1 rings (SSSR count). The molecule has 0 N–H and O–H groups in total. The molecule has 0 aromatic heterocycles. The molecule has 0 bridgehead atoms. The molecule has 0 saturated heterocycles. The number of rotatable bonds is 5. The zero-order valence-electron chi connectivity index (χ0n) is 7.62. The van der Waals surface area contributed by atoms with Crippen LogP contribution >= 0.6 is 11.8 Å². The fourth-order valence-electron chi connectivity index (χ4n) is 1.01. The van der Waals surface area contributed by atoms with E-state index in [4.69, 9.17) is 0 Å². The van der Waals surface area contributed by atoms with Crippen molar-refractivity contribution in [2.75, 3.05) is 5.75 Å². The van der Waals surface area contributed by atoms with E-state index in [1.807, 2.05) is 18.2 Å². The minimum absolute atomic E-state index is 0.891. The highest BCUT2D eigenvalue weighted by molar-refractivity contribution is 7.99. The number of benzene rings is 1. The van der Waals surface area contributed by atoms with Gasteiger partial charge in [0.25, 0.3) is 0 Å². The van der Waals surface area contributed by atoms with Crippen LogP contribution in [0.2, 0.25) is 0 Å². The van der Waals surface area contributed by atoms with E-state index in [1.165, 1.54) is 10.5 Å². The molecule has 1 aromatic rings. The van der Waals surface area contributed by atoms with Gasteiger partial charge >= 0.3 is 0 Å². The molecule has 1 aromatic carbocycles. The highest BCUT2D eigenvalue weighted by atomic mass is 32.2. The Morgan fingerprint density at radius 2 is 2.23 bits per heavy atom. The van der Waals surface area contributed by atoms with Crippen LogP contribution in [0, 0.1) is 6.07 Å². The summed E-state index contributed by atoms with van der Waals surface area (Å²) < 4.78 is 0. The van der Waals surface area contributed by atoms with Crippen LogP contribution < -0.4 is 0 Å². The lowest BCUT2D eigenvalue weighted by Crippen LogP contribution is -1.82. The molecule has 67 valence electrons. The van der Waals surface area contributed by atoms with Crippen molar-refractivity contribution in [1.29, 1.82) is 0 Å². The van der Waals surface area contributed by atoms with Crippen molar-refractivity contribution in [2.45, 2.75) is 11.3 Å². The summed E-state index contributed by atoms with van der Waals surface area (Å²) in [5.74, 6) is 0.956. The van der Waals surface area contributed by atoms with Crippen LogP contribution in [0.5, 0.6) is 0 Å². The SMILES string of the molecule is C=CCSc1cc[c]c(CC=C)c1. The summed E-state index contributed by atoms with van der Waals surface area (Å²) in [6.07, 6.45) is 4.70. The largest absolute Gasteiger partial charge is 0.122 e. The average molecular weight is 189 g/mol. The Morgan fingerprint density at radius 3 is 2.92 bits per heavy atom. The van der Waals surface area contributed by atoms with Crippen LogP contribution in [0.15, 0.2) is 48.4 Å². The molecule has 0 aliphatic rings. The predicted octanol–water partition coefficient (Wildman–Crippen LogP) is 3.49. The van der Waals surface area contributed by atoms with Gasteiger partial charge in [-0.2, -0.15) is 0 Å². The van der Waals surface area contributed by atoms with Crippen LogP contribution in [0.1, 0.15) is 5.56 Å². The van der Waals surface area contributed by atoms with E-state index < -0.39 is 0 Å². The molecule has 0 amide bonds. The number of hydrogen-bond donors (Lipinski definition) is 0. The quantitative estimate of drug-likeness (QED) is 0.504.